The summed E-state index contributed by atoms with van der Waals surface area (Å²) in [5.74, 6) is 1.24. The number of nitrogens with one attached hydrogen (secondary N) is 1. The molecule has 1 amide bonds. The SMILES string of the molecule is Cc1nccn1-c1cc(NC(=O)c2ccc(=O)oc2)ncn1. The molecule has 0 bridgehead atoms. The number of rotatable bonds is 3. The van der Waals surface area contributed by atoms with Crippen LogP contribution in [0.2, 0.25) is 0 Å². The highest BCUT2D eigenvalue weighted by Crippen LogP contribution is 2.11. The summed E-state index contributed by atoms with van der Waals surface area (Å²) in [5.41, 5.74) is -0.296. The molecule has 0 fully saturated rings. The van der Waals surface area contributed by atoms with E-state index in [4.69, 9.17) is 0 Å². The molecule has 3 rings (SSSR count). The maximum absolute atomic E-state index is 12.0. The second-order valence-corrected chi connectivity index (χ2v) is 4.40. The van der Waals surface area contributed by atoms with E-state index in [9.17, 15) is 9.59 Å². The Morgan fingerprint density at radius 2 is 2.14 bits per heavy atom. The van der Waals surface area contributed by atoms with Gasteiger partial charge in [-0.1, -0.05) is 0 Å². The molecule has 0 radical (unpaired) electrons. The Hall–Kier alpha value is -3.29. The highest BCUT2D eigenvalue weighted by molar-refractivity contribution is 6.03. The lowest BCUT2D eigenvalue weighted by atomic mass is 10.3. The van der Waals surface area contributed by atoms with Crippen molar-refractivity contribution in [2.45, 2.75) is 6.92 Å². The van der Waals surface area contributed by atoms with Gasteiger partial charge in [-0.2, -0.15) is 0 Å². The Bertz CT molecular complexity index is 863. The third kappa shape index (κ3) is 2.75. The zero-order chi connectivity index (χ0) is 15.5. The van der Waals surface area contributed by atoms with Crippen LogP contribution in [-0.4, -0.2) is 25.4 Å². The Balaban J connectivity index is 1.84. The predicted octanol–water partition coefficient (Wildman–Crippen LogP) is 1.18. The molecule has 8 heteroatoms. The lowest BCUT2D eigenvalue weighted by molar-refractivity contribution is 0.102. The fraction of sp³-hybridized carbons (Fsp3) is 0.0714. The van der Waals surface area contributed by atoms with Crippen LogP contribution >= 0.6 is 0 Å². The van der Waals surface area contributed by atoms with Gasteiger partial charge in [0.1, 0.15) is 30.1 Å². The predicted molar refractivity (Wildman–Crippen MR) is 76.8 cm³/mol. The van der Waals surface area contributed by atoms with Gasteiger partial charge in [-0.15, -0.1) is 0 Å². The summed E-state index contributed by atoms with van der Waals surface area (Å²) >= 11 is 0. The van der Waals surface area contributed by atoms with Gasteiger partial charge >= 0.3 is 5.63 Å². The summed E-state index contributed by atoms with van der Waals surface area (Å²) in [4.78, 5) is 35.2. The number of carbonyl (C=O) groups excluding carboxylic acids is 1. The zero-order valence-corrected chi connectivity index (χ0v) is 11.6. The molecule has 0 aromatic carbocycles. The van der Waals surface area contributed by atoms with Gasteiger partial charge in [0.2, 0.25) is 0 Å². The average Bonchev–Trinajstić information content (AvgIpc) is 2.94. The molecule has 3 aromatic heterocycles. The van der Waals surface area contributed by atoms with Crippen molar-refractivity contribution in [1.29, 1.82) is 0 Å². The Labute approximate surface area is 124 Å². The Morgan fingerprint density at radius 3 is 2.82 bits per heavy atom. The van der Waals surface area contributed by atoms with E-state index in [1.54, 1.807) is 23.0 Å². The standard InChI is InChI=1S/C14H11N5O3/c1-9-15-4-5-19(9)12-6-11(16-8-17-12)18-14(21)10-2-3-13(20)22-7-10/h2-8H,1H3,(H,16,17,18,21). The van der Waals surface area contributed by atoms with Gasteiger partial charge in [0, 0.05) is 24.5 Å². The van der Waals surface area contributed by atoms with Crippen molar-refractivity contribution < 1.29 is 9.21 Å². The minimum Gasteiger partial charge on any atom is -0.430 e. The topological polar surface area (TPSA) is 103 Å². The second kappa shape index (κ2) is 5.60. The van der Waals surface area contributed by atoms with E-state index in [0.717, 1.165) is 12.1 Å². The van der Waals surface area contributed by atoms with E-state index in [1.807, 2.05) is 6.92 Å². The number of hydrogen-bond donors (Lipinski definition) is 1. The minimum absolute atomic E-state index is 0.221. The maximum Gasteiger partial charge on any atom is 0.335 e. The number of aryl methyl sites for hydroxylation is 1. The van der Waals surface area contributed by atoms with E-state index in [1.165, 1.54) is 18.5 Å². The molecule has 3 heterocycles. The summed E-state index contributed by atoms with van der Waals surface area (Å²) in [6.07, 6.45) is 5.85. The largest absolute Gasteiger partial charge is 0.430 e. The first-order valence-corrected chi connectivity index (χ1v) is 6.36. The molecule has 0 saturated heterocycles. The van der Waals surface area contributed by atoms with Crippen molar-refractivity contribution in [3.8, 4) is 5.82 Å². The maximum atomic E-state index is 12.0. The first-order chi connectivity index (χ1) is 10.6. The van der Waals surface area contributed by atoms with Crippen LogP contribution in [-0.2, 0) is 0 Å². The average molecular weight is 297 g/mol. The summed E-state index contributed by atoms with van der Waals surface area (Å²) in [5, 5.41) is 2.61. The summed E-state index contributed by atoms with van der Waals surface area (Å²) < 4.78 is 6.42. The van der Waals surface area contributed by atoms with Crippen molar-refractivity contribution in [2.75, 3.05) is 5.32 Å². The molecule has 110 valence electrons. The highest BCUT2D eigenvalue weighted by atomic mass is 16.4. The van der Waals surface area contributed by atoms with E-state index in [0.29, 0.717) is 11.6 Å². The summed E-state index contributed by atoms with van der Waals surface area (Å²) in [6.45, 7) is 1.84. The van der Waals surface area contributed by atoms with Crippen LogP contribution in [0.15, 0.2) is 52.4 Å². The smallest absolute Gasteiger partial charge is 0.335 e. The molecule has 0 atom stereocenters. The van der Waals surface area contributed by atoms with Crippen LogP contribution in [0.5, 0.6) is 0 Å². The fourth-order valence-corrected chi connectivity index (χ4v) is 1.84. The molecule has 8 nitrogen and oxygen atoms in total. The number of imidazole rings is 1. The van der Waals surface area contributed by atoms with Crippen molar-refractivity contribution in [3.05, 3.63) is 65.0 Å². The molecule has 0 spiro atoms. The van der Waals surface area contributed by atoms with Gasteiger partial charge in [0.05, 0.1) is 5.56 Å². The van der Waals surface area contributed by atoms with Crippen molar-refractivity contribution in [2.24, 2.45) is 0 Å². The summed E-state index contributed by atoms with van der Waals surface area (Å²) in [6, 6.07) is 4.17. The number of hydrogen-bond acceptors (Lipinski definition) is 6. The lowest BCUT2D eigenvalue weighted by Gasteiger charge is -2.07. The number of aromatic nitrogens is 4. The van der Waals surface area contributed by atoms with Crippen LogP contribution in [0.3, 0.4) is 0 Å². The molecule has 0 aliphatic heterocycles. The van der Waals surface area contributed by atoms with Crippen LogP contribution in [0.25, 0.3) is 5.82 Å². The third-order valence-corrected chi connectivity index (χ3v) is 2.93. The minimum atomic E-state index is -0.517. The van der Waals surface area contributed by atoms with Crippen LogP contribution in [0, 0.1) is 6.92 Å². The van der Waals surface area contributed by atoms with Gasteiger partial charge in [0.15, 0.2) is 0 Å². The second-order valence-electron chi connectivity index (χ2n) is 4.40. The first kappa shape index (κ1) is 13.7. The van der Waals surface area contributed by atoms with Gasteiger partial charge < -0.3 is 9.73 Å². The van der Waals surface area contributed by atoms with Gasteiger partial charge in [0.25, 0.3) is 5.91 Å². The van der Waals surface area contributed by atoms with Gasteiger partial charge in [-0.25, -0.2) is 19.7 Å². The van der Waals surface area contributed by atoms with E-state index in [2.05, 4.69) is 24.7 Å². The quantitative estimate of drug-likeness (QED) is 0.778. The van der Waals surface area contributed by atoms with E-state index < -0.39 is 11.5 Å². The number of nitrogens with zero attached hydrogens (tertiary/aromatic N) is 4. The molecule has 0 aliphatic carbocycles. The van der Waals surface area contributed by atoms with Crippen LogP contribution < -0.4 is 10.9 Å². The monoisotopic (exact) mass is 297 g/mol. The van der Waals surface area contributed by atoms with Crippen LogP contribution in [0.1, 0.15) is 16.2 Å². The molecule has 0 unspecified atom stereocenters. The van der Waals surface area contributed by atoms with Crippen molar-refractivity contribution in [1.82, 2.24) is 19.5 Å². The van der Waals surface area contributed by atoms with E-state index in [-0.39, 0.29) is 5.56 Å². The molecular weight excluding hydrogens is 286 g/mol. The van der Waals surface area contributed by atoms with Crippen molar-refractivity contribution in [3.63, 3.8) is 0 Å². The Kier molecular flexibility index (Phi) is 3.48. The van der Waals surface area contributed by atoms with Crippen LogP contribution in [0.4, 0.5) is 5.82 Å². The lowest BCUT2D eigenvalue weighted by Crippen LogP contribution is -2.14. The first-order valence-electron chi connectivity index (χ1n) is 6.36. The summed E-state index contributed by atoms with van der Waals surface area (Å²) in [7, 11) is 0. The molecule has 3 aromatic rings. The molecule has 22 heavy (non-hydrogen) atoms. The normalized spacial score (nSPS) is 10.4. The third-order valence-electron chi connectivity index (χ3n) is 2.93. The molecule has 1 N–H and O–H groups in total. The number of amides is 1. The Morgan fingerprint density at radius 1 is 1.27 bits per heavy atom. The van der Waals surface area contributed by atoms with Crippen molar-refractivity contribution >= 4 is 11.7 Å². The highest BCUT2D eigenvalue weighted by Gasteiger charge is 2.09. The van der Waals surface area contributed by atoms with Gasteiger partial charge in [-0.3, -0.25) is 9.36 Å². The number of anilines is 1. The number of carbonyl (C=O) groups is 1. The molecular formula is C14H11N5O3. The fourth-order valence-electron chi connectivity index (χ4n) is 1.84. The van der Waals surface area contributed by atoms with E-state index >= 15 is 0 Å². The van der Waals surface area contributed by atoms with Gasteiger partial charge in [-0.05, 0) is 13.0 Å². The molecule has 0 aliphatic rings. The molecule has 0 saturated carbocycles. The zero-order valence-electron chi connectivity index (χ0n) is 11.6.